The van der Waals surface area contributed by atoms with Gasteiger partial charge in [-0.05, 0) is 19.8 Å². The molecule has 0 radical (unpaired) electrons. The van der Waals surface area contributed by atoms with Crippen molar-refractivity contribution in [2.24, 2.45) is 5.92 Å². The average molecular weight is 216 g/mol. The largest absolute Gasteiger partial charge is 0.463 e. The van der Waals surface area contributed by atoms with Crippen molar-refractivity contribution in [2.75, 3.05) is 20.3 Å². The van der Waals surface area contributed by atoms with Crippen LogP contribution in [0.3, 0.4) is 0 Å². The molecular formula is C11H20O4. The summed E-state index contributed by atoms with van der Waals surface area (Å²) in [6.45, 7) is 4.20. The Morgan fingerprint density at radius 1 is 1.27 bits per heavy atom. The third kappa shape index (κ3) is 7.08. The molecule has 0 saturated carbocycles. The summed E-state index contributed by atoms with van der Waals surface area (Å²) >= 11 is 0. The van der Waals surface area contributed by atoms with Gasteiger partial charge in [-0.25, -0.2) is 0 Å². The van der Waals surface area contributed by atoms with Gasteiger partial charge in [0.05, 0.1) is 6.61 Å². The van der Waals surface area contributed by atoms with E-state index in [2.05, 4.69) is 0 Å². The van der Waals surface area contributed by atoms with Crippen LogP contribution in [0.4, 0.5) is 0 Å². The van der Waals surface area contributed by atoms with E-state index in [4.69, 9.17) is 9.47 Å². The summed E-state index contributed by atoms with van der Waals surface area (Å²) in [4.78, 5) is 22.2. The van der Waals surface area contributed by atoms with E-state index < -0.39 is 0 Å². The van der Waals surface area contributed by atoms with Gasteiger partial charge in [-0.2, -0.15) is 0 Å². The number of Topliss-reactive ketones (excluding diaryl/α,β-unsaturated/α-hetero) is 1. The SMILES string of the molecule is CC[C@H](CCC(=O)OCCOC)C(C)=O. The van der Waals surface area contributed by atoms with Crippen LogP contribution in [0.25, 0.3) is 0 Å². The van der Waals surface area contributed by atoms with E-state index in [-0.39, 0.29) is 24.3 Å². The maximum atomic E-state index is 11.2. The number of ether oxygens (including phenoxy) is 2. The minimum Gasteiger partial charge on any atom is -0.463 e. The first-order chi connectivity index (χ1) is 7.11. The van der Waals surface area contributed by atoms with Crippen LogP contribution < -0.4 is 0 Å². The van der Waals surface area contributed by atoms with Crippen molar-refractivity contribution in [1.29, 1.82) is 0 Å². The maximum absolute atomic E-state index is 11.2. The number of carbonyl (C=O) groups excluding carboxylic acids is 2. The zero-order chi connectivity index (χ0) is 11.7. The van der Waals surface area contributed by atoms with Crippen LogP contribution in [0.15, 0.2) is 0 Å². The number of esters is 1. The molecule has 0 bridgehead atoms. The van der Waals surface area contributed by atoms with Gasteiger partial charge in [0.1, 0.15) is 12.4 Å². The Labute approximate surface area is 90.9 Å². The van der Waals surface area contributed by atoms with Crippen molar-refractivity contribution >= 4 is 11.8 Å². The van der Waals surface area contributed by atoms with Gasteiger partial charge in [0, 0.05) is 19.4 Å². The first-order valence-electron chi connectivity index (χ1n) is 5.26. The first-order valence-corrected chi connectivity index (χ1v) is 5.26. The Morgan fingerprint density at radius 3 is 2.40 bits per heavy atom. The van der Waals surface area contributed by atoms with Gasteiger partial charge in [0.25, 0.3) is 0 Å². The summed E-state index contributed by atoms with van der Waals surface area (Å²) in [5.74, 6) is -0.131. The number of hydrogen-bond donors (Lipinski definition) is 0. The highest BCUT2D eigenvalue weighted by Gasteiger charge is 2.14. The molecule has 15 heavy (non-hydrogen) atoms. The van der Waals surface area contributed by atoms with Crippen molar-refractivity contribution < 1.29 is 19.1 Å². The highest BCUT2D eigenvalue weighted by Crippen LogP contribution is 2.12. The Balaban J connectivity index is 3.64. The minimum absolute atomic E-state index is 0.0139. The topological polar surface area (TPSA) is 52.6 Å². The third-order valence-corrected chi connectivity index (χ3v) is 2.32. The van der Waals surface area contributed by atoms with Crippen molar-refractivity contribution in [3.05, 3.63) is 0 Å². The van der Waals surface area contributed by atoms with Crippen molar-refractivity contribution in [1.82, 2.24) is 0 Å². The second-order valence-electron chi connectivity index (χ2n) is 3.47. The molecule has 0 saturated heterocycles. The zero-order valence-electron chi connectivity index (χ0n) is 9.75. The molecule has 4 heteroatoms. The Kier molecular flexibility index (Phi) is 7.91. The molecule has 88 valence electrons. The van der Waals surface area contributed by atoms with Crippen molar-refractivity contribution in [3.8, 4) is 0 Å². The molecule has 0 aliphatic heterocycles. The summed E-state index contributed by atoms with van der Waals surface area (Å²) in [5, 5.41) is 0. The monoisotopic (exact) mass is 216 g/mol. The smallest absolute Gasteiger partial charge is 0.305 e. The Bertz CT molecular complexity index is 201. The van der Waals surface area contributed by atoms with Crippen LogP contribution in [0.1, 0.15) is 33.1 Å². The lowest BCUT2D eigenvalue weighted by Crippen LogP contribution is -2.14. The van der Waals surface area contributed by atoms with Gasteiger partial charge in [-0.1, -0.05) is 6.92 Å². The number of hydrogen-bond acceptors (Lipinski definition) is 4. The van der Waals surface area contributed by atoms with E-state index in [9.17, 15) is 9.59 Å². The second kappa shape index (κ2) is 8.41. The summed E-state index contributed by atoms with van der Waals surface area (Å²) in [6, 6.07) is 0. The lowest BCUT2D eigenvalue weighted by atomic mass is 9.96. The van der Waals surface area contributed by atoms with Crippen molar-refractivity contribution in [3.63, 3.8) is 0 Å². The molecule has 0 amide bonds. The molecule has 0 aliphatic rings. The van der Waals surface area contributed by atoms with Crippen LogP contribution in [0.5, 0.6) is 0 Å². The summed E-state index contributed by atoms with van der Waals surface area (Å²) in [7, 11) is 1.55. The molecule has 1 atom stereocenters. The normalized spacial score (nSPS) is 12.2. The fourth-order valence-electron chi connectivity index (χ4n) is 1.30. The fraction of sp³-hybridized carbons (Fsp3) is 0.818. The number of rotatable bonds is 8. The predicted octanol–water partition coefficient (Wildman–Crippen LogP) is 1.57. The average Bonchev–Trinajstić information content (AvgIpc) is 2.18. The molecule has 0 rings (SSSR count). The van der Waals surface area contributed by atoms with Crippen molar-refractivity contribution in [2.45, 2.75) is 33.1 Å². The van der Waals surface area contributed by atoms with Crippen LogP contribution in [-0.2, 0) is 19.1 Å². The van der Waals surface area contributed by atoms with Gasteiger partial charge < -0.3 is 9.47 Å². The van der Waals surface area contributed by atoms with Crippen LogP contribution >= 0.6 is 0 Å². The molecule has 0 spiro atoms. The molecule has 0 aromatic heterocycles. The maximum Gasteiger partial charge on any atom is 0.305 e. The Morgan fingerprint density at radius 2 is 1.93 bits per heavy atom. The molecule has 0 unspecified atom stereocenters. The van der Waals surface area contributed by atoms with E-state index in [1.165, 1.54) is 0 Å². The molecule has 0 heterocycles. The molecule has 0 aromatic carbocycles. The van der Waals surface area contributed by atoms with E-state index >= 15 is 0 Å². The van der Waals surface area contributed by atoms with Crippen LogP contribution in [0, 0.1) is 5.92 Å². The molecule has 4 nitrogen and oxygen atoms in total. The molecule has 0 N–H and O–H groups in total. The lowest BCUT2D eigenvalue weighted by molar-refractivity contribution is -0.145. The quantitative estimate of drug-likeness (QED) is 0.456. The highest BCUT2D eigenvalue weighted by atomic mass is 16.6. The zero-order valence-corrected chi connectivity index (χ0v) is 9.75. The summed E-state index contributed by atoms with van der Waals surface area (Å²) in [5.41, 5.74) is 0. The van der Waals surface area contributed by atoms with E-state index in [0.717, 1.165) is 6.42 Å². The minimum atomic E-state index is -0.258. The van der Waals surface area contributed by atoms with Gasteiger partial charge in [0.2, 0.25) is 0 Å². The Hall–Kier alpha value is -0.900. The van der Waals surface area contributed by atoms with Gasteiger partial charge in [0.15, 0.2) is 0 Å². The molecule has 0 aliphatic carbocycles. The van der Waals surface area contributed by atoms with Gasteiger partial charge in [-0.15, -0.1) is 0 Å². The number of methoxy groups -OCH3 is 1. The van der Waals surface area contributed by atoms with E-state index in [1.54, 1.807) is 14.0 Å². The summed E-state index contributed by atoms with van der Waals surface area (Å²) in [6.07, 6.45) is 1.67. The molecular weight excluding hydrogens is 196 g/mol. The van der Waals surface area contributed by atoms with E-state index in [1.807, 2.05) is 6.92 Å². The molecule has 0 aromatic rings. The van der Waals surface area contributed by atoms with Crippen LogP contribution in [-0.4, -0.2) is 32.1 Å². The standard InChI is InChI=1S/C11H20O4/c1-4-10(9(2)12)5-6-11(13)15-8-7-14-3/h10H,4-8H2,1-3H3/t10-/m1/s1. The van der Waals surface area contributed by atoms with Gasteiger partial charge in [-0.3, -0.25) is 9.59 Å². The number of ketones is 1. The number of carbonyl (C=O) groups is 2. The van der Waals surface area contributed by atoms with Crippen LogP contribution in [0.2, 0.25) is 0 Å². The fourth-order valence-corrected chi connectivity index (χ4v) is 1.30. The third-order valence-electron chi connectivity index (χ3n) is 2.32. The first kappa shape index (κ1) is 14.1. The second-order valence-corrected chi connectivity index (χ2v) is 3.47. The van der Waals surface area contributed by atoms with Gasteiger partial charge >= 0.3 is 5.97 Å². The summed E-state index contributed by atoms with van der Waals surface area (Å²) < 4.78 is 9.63. The van der Waals surface area contributed by atoms with E-state index in [0.29, 0.717) is 19.4 Å². The predicted molar refractivity (Wildman–Crippen MR) is 56.5 cm³/mol. The highest BCUT2D eigenvalue weighted by molar-refractivity contribution is 5.79. The molecule has 0 fully saturated rings. The lowest BCUT2D eigenvalue weighted by Gasteiger charge is -2.10.